The van der Waals surface area contributed by atoms with Crippen molar-refractivity contribution in [3.8, 4) is 0 Å². The lowest BCUT2D eigenvalue weighted by Gasteiger charge is -2.07. The van der Waals surface area contributed by atoms with Crippen LogP contribution in [0.5, 0.6) is 0 Å². The van der Waals surface area contributed by atoms with Crippen LogP contribution in [0.25, 0.3) is 0 Å². The zero-order valence-corrected chi connectivity index (χ0v) is 6.20. The lowest BCUT2D eigenvalue weighted by atomic mass is 10.0. The number of hydrogen-bond donors (Lipinski definition) is 1. The van der Waals surface area contributed by atoms with E-state index in [0.29, 0.717) is 5.70 Å². The van der Waals surface area contributed by atoms with E-state index in [1.807, 2.05) is 0 Å². The van der Waals surface area contributed by atoms with E-state index < -0.39 is 4.92 Å². The molecular formula is C8H6N2O2. The molecule has 0 unspecified atom stereocenters. The molecule has 0 atom stereocenters. The van der Waals surface area contributed by atoms with Crippen molar-refractivity contribution in [2.45, 2.75) is 6.42 Å². The Balaban J connectivity index is 2.51. The van der Waals surface area contributed by atoms with E-state index in [0.717, 1.165) is 12.0 Å². The maximum atomic E-state index is 10.5. The van der Waals surface area contributed by atoms with E-state index >= 15 is 0 Å². The van der Waals surface area contributed by atoms with Crippen molar-refractivity contribution >= 4 is 0 Å². The second-order valence-electron chi connectivity index (χ2n) is 2.54. The number of fused-ring (bicyclic) bond motifs is 1. The fourth-order valence-electron chi connectivity index (χ4n) is 1.27. The highest BCUT2D eigenvalue weighted by Crippen LogP contribution is 2.24. The zero-order chi connectivity index (χ0) is 8.55. The first-order valence-corrected chi connectivity index (χ1v) is 3.55. The van der Waals surface area contributed by atoms with Crippen LogP contribution in [0.4, 0.5) is 0 Å². The molecule has 1 aliphatic heterocycles. The molecule has 0 saturated carbocycles. The van der Waals surface area contributed by atoms with Gasteiger partial charge in [-0.3, -0.25) is 10.1 Å². The Morgan fingerprint density at radius 2 is 2.50 bits per heavy atom. The Bertz CT molecular complexity index is 371. The molecule has 4 nitrogen and oxygen atoms in total. The van der Waals surface area contributed by atoms with Crippen molar-refractivity contribution in [2.24, 2.45) is 0 Å². The number of nitrogens with one attached hydrogen (secondary N) is 1. The predicted octanol–water partition coefficient (Wildman–Crippen LogP) is 1.08. The van der Waals surface area contributed by atoms with Gasteiger partial charge in [-0.05, 0) is 0 Å². The minimum Gasteiger partial charge on any atom is -0.349 e. The molecule has 0 aromatic carbocycles. The Morgan fingerprint density at radius 1 is 1.67 bits per heavy atom. The first-order chi connectivity index (χ1) is 5.79. The Morgan fingerprint density at radius 3 is 3.25 bits per heavy atom. The van der Waals surface area contributed by atoms with Crippen molar-refractivity contribution in [1.82, 2.24) is 5.32 Å². The van der Waals surface area contributed by atoms with Gasteiger partial charge in [-0.1, -0.05) is 11.8 Å². The molecule has 2 rings (SSSR count). The molecule has 60 valence electrons. The predicted molar refractivity (Wildman–Crippen MR) is 42.5 cm³/mol. The van der Waals surface area contributed by atoms with Gasteiger partial charge in [-0.15, -0.1) is 0 Å². The Labute approximate surface area is 68.7 Å². The highest BCUT2D eigenvalue weighted by Gasteiger charge is 2.23. The van der Waals surface area contributed by atoms with Gasteiger partial charge in [0, 0.05) is 24.3 Å². The normalized spacial score (nSPS) is 18.8. The molecular weight excluding hydrogens is 156 g/mol. The summed E-state index contributed by atoms with van der Waals surface area (Å²) >= 11 is 0. The quantitative estimate of drug-likeness (QED) is 0.356. The molecule has 1 aliphatic carbocycles. The van der Waals surface area contributed by atoms with Gasteiger partial charge in [0.25, 0.3) is 5.70 Å². The van der Waals surface area contributed by atoms with E-state index in [-0.39, 0.29) is 5.70 Å². The summed E-state index contributed by atoms with van der Waals surface area (Å²) in [4.78, 5) is 10.1. The molecule has 0 amide bonds. The third-order valence-electron chi connectivity index (χ3n) is 1.82. The smallest absolute Gasteiger partial charge is 0.293 e. The number of allylic oxidation sites excluding steroid dienone is 3. The van der Waals surface area contributed by atoms with Gasteiger partial charge in [0.2, 0.25) is 0 Å². The molecule has 4 heteroatoms. The van der Waals surface area contributed by atoms with Crippen LogP contribution in [-0.2, 0) is 0 Å². The lowest BCUT2D eigenvalue weighted by molar-refractivity contribution is -0.420. The van der Waals surface area contributed by atoms with Gasteiger partial charge in [0.1, 0.15) is 5.70 Å². The van der Waals surface area contributed by atoms with Crippen LogP contribution in [0.3, 0.4) is 0 Å². The first-order valence-electron chi connectivity index (χ1n) is 3.55. The van der Waals surface area contributed by atoms with Crippen LogP contribution in [0.15, 0.2) is 41.1 Å². The van der Waals surface area contributed by atoms with Crippen molar-refractivity contribution in [3.63, 3.8) is 0 Å². The molecule has 0 aromatic heterocycles. The van der Waals surface area contributed by atoms with Gasteiger partial charge in [0.05, 0.1) is 4.92 Å². The minimum atomic E-state index is -0.390. The van der Waals surface area contributed by atoms with E-state index in [4.69, 9.17) is 0 Å². The number of nitro groups is 1. The number of hydrogen-bond acceptors (Lipinski definition) is 3. The summed E-state index contributed by atoms with van der Waals surface area (Å²) in [6.07, 6.45) is 5.61. The largest absolute Gasteiger partial charge is 0.349 e. The topological polar surface area (TPSA) is 55.2 Å². The summed E-state index contributed by atoms with van der Waals surface area (Å²) in [5, 5.41) is 13.3. The summed E-state index contributed by atoms with van der Waals surface area (Å²) < 4.78 is 0. The molecule has 0 radical (unpaired) electrons. The molecule has 2 aliphatic rings. The first kappa shape index (κ1) is 6.88. The van der Waals surface area contributed by atoms with E-state index in [9.17, 15) is 10.1 Å². The third kappa shape index (κ3) is 0.863. The lowest BCUT2D eigenvalue weighted by Crippen LogP contribution is -2.12. The summed E-state index contributed by atoms with van der Waals surface area (Å²) in [5.74, 6) is 0. The molecule has 0 spiro atoms. The van der Waals surface area contributed by atoms with E-state index in [1.165, 1.54) is 6.08 Å². The maximum absolute atomic E-state index is 10.5. The van der Waals surface area contributed by atoms with Gasteiger partial charge < -0.3 is 5.32 Å². The van der Waals surface area contributed by atoms with E-state index in [2.05, 4.69) is 11.0 Å². The number of nitrogens with zero attached hydrogens (tertiary/aromatic N) is 1. The van der Waals surface area contributed by atoms with Gasteiger partial charge in [-0.2, -0.15) is 0 Å². The summed E-state index contributed by atoms with van der Waals surface area (Å²) in [6.45, 7) is 0. The van der Waals surface area contributed by atoms with Crippen molar-refractivity contribution < 1.29 is 4.92 Å². The van der Waals surface area contributed by atoms with Crippen LogP contribution in [0.1, 0.15) is 6.42 Å². The molecule has 0 fully saturated rings. The maximum Gasteiger partial charge on any atom is 0.293 e. The molecule has 0 saturated heterocycles. The Hall–Kier alpha value is -1.80. The molecule has 12 heavy (non-hydrogen) atoms. The second-order valence-corrected chi connectivity index (χ2v) is 2.54. The van der Waals surface area contributed by atoms with Gasteiger partial charge in [0.15, 0.2) is 0 Å². The SMILES string of the molecule is O=[N+]([O-])C1=C2NC=C=C2CC=C1. The fraction of sp³-hybridized carbons (Fsp3) is 0.125. The van der Waals surface area contributed by atoms with Crippen molar-refractivity contribution in [3.05, 3.63) is 51.2 Å². The Kier molecular flexibility index (Phi) is 1.35. The van der Waals surface area contributed by atoms with Crippen LogP contribution in [-0.4, -0.2) is 4.92 Å². The van der Waals surface area contributed by atoms with Crippen LogP contribution >= 0.6 is 0 Å². The minimum absolute atomic E-state index is 0.123. The molecule has 0 bridgehead atoms. The summed E-state index contributed by atoms with van der Waals surface area (Å²) in [7, 11) is 0. The molecule has 1 N–H and O–H groups in total. The zero-order valence-electron chi connectivity index (χ0n) is 6.20. The number of rotatable bonds is 1. The standard InChI is InChI=1S/C8H6N2O2/c11-10(12)7-3-1-2-6-4-5-9-8(6)7/h1,3,5,9H,2H2. The monoisotopic (exact) mass is 162 g/mol. The molecule has 1 heterocycles. The average Bonchev–Trinajstić information content (AvgIpc) is 2.49. The van der Waals surface area contributed by atoms with E-state index in [1.54, 1.807) is 12.3 Å². The fourth-order valence-corrected chi connectivity index (χ4v) is 1.27. The van der Waals surface area contributed by atoms with Gasteiger partial charge >= 0.3 is 0 Å². The van der Waals surface area contributed by atoms with Crippen LogP contribution in [0, 0.1) is 10.1 Å². The summed E-state index contributed by atoms with van der Waals surface area (Å²) in [5.41, 5.74) is 4.48. The molecule has 0 aromatic rings. The van der Waals surface area contributed by atoms with Crippen LogP contribution in [0.2, 0.25) is 0 Å². The highest BCUT2D eigenvalue weighted by atomic mass is 16.6. The van der Waals surface area contributed by atoms with Crippen LogP contribution < -0.4 is 5.32 Å². The highest BCUT2D eigenvalue weighted by molar-refractivity contribution is 5.44. The second kappa shape index (κ2) is 2.36. The average molecular weight is 162 g/mol. The summed E-state index contributed by atoms with van der Waals surface area (Å²) in [6, 6.07) is 0. The van der Waals surface area contributed by atoms with Crippen molar-refractivity contribution in [2.75, 3.05) is 0 Å². The van der Waals surface area contributed by atoms with Crippen molar-refractivity contribution in [1.29, 1.82) is 0 Å². The third-order valence-corrected chi connectivity index (χ3v) is 1.82. The van der Waals surface area contributed by atoms with Gasteiger partial charge in [-0.25, -0.2) is 0 Å².